The maximum absolute atomic E-state index is 12.9. The third-order valence-corrected chi connectivity index (χ3v) is 8.41. The molecule has 0 atom stereocenters. The quantitative estimate of drug-likeness (QED) is 0.582. The molecule has 0 radical (unpaired) electrons. The highest BCUT2D eigenvalue weighted by Gasteiger charge is 2.25. The summed E-state index contributed by atoms with van der Waals surface area (Å²) in [6, 6.07) is 12.9. The predicted molar refractivity (Wildman–Crippen MR) is 134 cm³/mol. The Morgan fingerprint density at radius 3 is 2.52 bits per heavy atom. The molecular formula is C25H34ClN3O3S. The second kappa shape index (κ2) is 11.1. The molecule has 6 nitrogen and oxygen atoms in total. The van der Waals surface area contributed by atoms with E-state index in [1.807, 2.05) is 12.1 Å². The van der Waals surface area contributed by atoms with Crippen LogP contribution in [0.2, 0.25) is 5.02 Å². The Balaban J connectivity index is 1.33. The van der Waals surface area contributed by atoms with Crippen molar-refractivity contribution in [2.24, 2.45) is 0 Å². The molecule has 0 unspecified atom stereocenters. The van der Waals surface area contributed by atoms with Crippen molar-refractivity contribution in [1.82, 2.24) is 9.80 Å². The zero-order valence-electron chi connectivity index (χ0n) is 19.3. The number of likely N-dealkylation sites (tertiary alicyclic amines) is 2. The van der Waals surface area contributed by atoms with E-state index in [9.17, 15) is 8.42 Å². The first-order valence-electron chi connectivity index (χ1n) is 11.9. The molecular weight excluding hydrogens is 458 g/mol. The summed E-state index contributed by atoms with van der Waals surface area (Å²) >= 11 is 6.02. The van der Waals surface area contributed by atoms with Gasteiger partial charge in [0.25, 0.3) is 10.0 Å². The monoisotopic (exact) mass is 491 g/mol. The first-order valence-corrected chi connectivity index (χ1v) is 13.7. The van der Waals surface area contributed by atoms with Gasteiger partial charge in [-0.1, -0.05) is 30.2 Å². The molecule has 0 aliphatic carbocycles. The van der Waals surface area contributed by atoms with Gasteiger partial charge in [-0.05, 0) is 94.2 Å². The van der Waals surface area contributed by atoms with Gasteiger partial charge in [-0.15, -0.1) is 0 Å². The van der Waals surface area contributed by atoms with Crippen molar-refractivity contribution in [3.63, 3.8) is 0 Å². The molecule has 2 aliphatic heterocycles. The summed E-state index contributed by atoms with van der Waals surface area (Å²) in [6.45, 7) is 5.82. The van der Waals surface area contributed by atoms with Crippen molar-refractivity contribution in [3.8, 4) is 5.75 Å². The first kappa shape index (κ1) is 24.3. The van der Waals surface area contributed by atoms with Gasteiger partial charge in [0.1, 0.15) is 10.6 Å². The molecule has 0 spiro atoms. The molecule has 4 rings (SSSR count). The summed E-state index contributed by atoms with van der Waals surface area (Å²) in [4.78, 5) is 5.26. The number of halogens is 1. The van der Waals surface area contributed by atoms with Gasteiger partial charge < -0.3 is 14.5 Å². The first-order chi connectivity index (χ1) is 15.9. The zero-order chi connectivity index (χ0) is 23.3. The molecule has 0 amide bonds. The molecule has 8 heteroatoms. The Morgan fingerprint density at radius 2 is 1.79 bits per heavy atom. The van der Waals surface area contributed by atoms with Crippen molar-refractivity contribution in [2.75, 3.05) is 44.6 Å². The van der Waals surface area contributed by atoms with Crippen LogP contribution in [0.15, 0.2) is 47.4 Å². The van der Waals surface area contributed by atoms with Crippen LogP contribution < -0.4 is 9.46 Å². The van der Waals surface area contributed by atoms with Gasteiger partial charge in [-0.2, -0.15) is 0 Å². The van der Waals surface area contributed by atoms with Crippen LogP contribution in [0.1, 0.15) is 37.7 Å². The lowest BCUT2D eigenvalue weighted by Gasteiger charge is -2.40. The second-order valence-electron chi connectivity index (χ2n) is 9.02. The van der Waals surface area contributed by atoms with Crippen LogP contribution >= 0.6 is 11.6 Å². The lowest BCUT2D eigenvalue weighted by molar-refractivity contribution is 0.0931. The number of benzene rings is 2. The van der Waals surface area contributed by atoms with Crippen molar-refractivity contribution < 1.29 is 13.2 Å². The van der Waals surface area contributed by atoms with Crippen LogP contribution in [0.4, 0.5) is 5.69 Å². The summed E-state index contributed by atoms with van der Waals surface area (Å²) < 4.78 is 33.8. The second-order valence-corrected chi connectivity index (χ2v) is 11.1. The minimum absolute atomic E-state index is 0.0273. The number of nitrogens with one attached hydrogen (secondary N) is 1. The fourth-order valence-corrected chi connectivity index (χ4v) is 6.42. The molecule has 180 valence electrons. The van der Waals surface area contributed by atoms with Crippen LogP contribution in [0.5, 0.6) is 5.75 Å². The van der Waals surface area contributed by atoms with E-state index in [2.05, 4.69) is 20.6 Å². The molecule has 2 aliphatic rings. The van der Waals surface area contributed by atoms with E-state index in [1.54, 1.807) is 18.2 Å². The van der Waals surface area contributed by atoms with Gasteiger partial charge in [0.05, 0.1) is 7.11 Å². The molecule has 0 saturated carbocycles. The van der Waals surface area contributed by atoms with E-state index in [-0.39, 0.29) is 10.6 Å². The molecule has 2 fully saturated rings. The fraction of sp³-hybridized carbons (Fsp3) is 0.520. The van der Waals surface area contributed by atoms with E-state index in [4.69, 9.17) is 16.3 Å². The maximum Gasteiger partial charge on any atom is 0.265 e. The molecule has 2 heterocycles. The average Bonchev–Trinajstić information content (AvgIpc) is 2.83. The Hall–Kier alpha value is -1.80. The third-order valence-electron chi connectivity index (χ3n) is 6.78. The van der Waals surface area contributed by atoms with E-state index < -0.39 is 10.0 Å². The third kappa shape index (κ3) is 6.41. The average molecular weight is 492 g/mol. The van der Waals surface area contributed by atoms with Gasteiger partial charge in [0.15, 0.2) is 0 Å². The molecule has 2 saturated heterocycles. The summed E-state index contributed by atoms with van der Waals surface area (Å²) in [5.41, 5.74) is 1.66. The topological polar surface area (TPSA) is 61.9 Å². The van der Waals surface area contributed by atoms with Crippen molar-refractivity contribution in [3.05, 3.63) is 53.1 Å². The zero-order valence-corrected chi connectivity index (χ0v) is 20.9. The number of methoxy groups -OCH3 is 1. The van der Waals surface area contributed by atoms with Gasteiger partial charge in [0, 0.05) is 23.3 Å². The van der Waals surface area contributed by atoms with Crippen LogP contribution in [-0.4, -0.2) is 64.1 Å². The summed E-state index contributed by atoms with van der Waals surface area (Å²) in [7, 11) is -2.38. The highest BCUT2D eigenvalue weighted by atomic mass is 35.5. The summed E-state index contributed by atoms with van der Waals surface area (Å²) in [6.07, 6.45) is 7.49. The van der Waals surface area contributed by atoms with E-state index in [1.165, 1.54) is 58.4 Å². The molecule has 0 aromatic heterocycles. The smallest absolute Gasteiger partial charge is 0.265 e. The van der Waals surface area contributed by atoms with E-state index in [0.717, 1.165) is 37.7 Å². The van der Waals surface area contributed by atoms with Crippen LogP contribution in [0.3, 0.4) is 0 Å². The van der Waals surface area contributed by atoms with Gasteiger partial charge in [-0.25, -0.2) is 8.42 Å². The maximum atomic E-state index is 12.9. The fourth-order valence-electron chi connectivity index (χ4n) is 4.94. The number of anilines is 1. The van der Waals surface area contributed by atoms with E-state index in [0.29, 0.717) is 10.7 Å². The van der Waals surface area contributed by atoms with Crippen molar-refractivity contribution in [1.29, 1.82) is 0 Å². The number of hydrogen-bond acceptors (Lipinski definition) is 5. The van der Waals surface area contributed by atoms with Gasteiger partial charge in [0.2, 0.25) is 0 Å². The van der Waals surface area contributed by atoms with Gasteiger partial charge >= 0.3 is 0 Å². The highest BCUT2D eigenvalue weighted by Crippen LogP contribution is 2.29. The summed E-state index contributed by atoms with van der Waals surface area (Å²) in [5, 5.41) is 0.342. The molecule has 2 aromatic rings. The van der Waals surface area contributed by atoms with Crippen LogP contribution in [-0.2, 0) is 16.4 Å². The Labute approximate surface area is 202 Å². The lowest BCUT2D eigenvalue weighted by Crippen LogP contribution is -2.47. The van der Waals surface area contributed by atoms with Crippen LogP contribution in [0, 0.1) is 0 Å². The molecule has 33 heavy (non-hydrogen) atoms. The highest BCUT2D eigenvalue weighted by molar-refractivity contribution is 7.92. The lowest BCUT2D eigenvalue weighted by atomic mass is 9.99. The number of hydrogen-bond donors (Lipinski definition) is 1. The number of nitrogens with zero attached hydrogens (tertiary/aromatic N) is 2. The predicted octanol–water partition coefficient (Wildman–Crippen LogP) is 4.64. The van der Waals surface area contributed by atoms with Gasteiger partial charge in [-0.3, -0.25) is 4.72 Å². The number of ether oxygens (including phenoxy) is 1. The van der Waals surface area contributed by atoms with Crippen molar-refractivity contribution in [2.45, 2.75) is 49.5 Å². The number of rotatable bonds is 8. The molecule has 1 N–H and O–H groups in total. The largest absolute Gasteiger partial charge is 0.495 e. The number of sulfonamides is 1. The normalized spacial score (nSPS) is 18.8. The molecule has 2 aromatic carbocycles. The number of piperidine rings is 2. The minimum atomic E-state index is -3.82. The van der Waals surface area contributed by atoms with Crippen LogP contribution in [0.25, 0.3) is 0 Å². The van der Waals surface area contributed by atoms with Crippen molar-refractivity contribution >= 4 is 27.3 Å². The SMILES string of the molecule is COc1ccc(Cl)cc1S(=O)(=O)Nc1cccc(CCN2CCC(N3CCCCC3)CC2)c1. The molecule has 0 bridgehead atoms. The standard InChI is InChI=1S/C25H34ClN3O3S/c1-32-24-9-8-21(26)19-25(24)33(30,31)27-22-7-5-6-20(18-22)10-15-28-16-11-23(12-17-28)29-13-3-2-4-14-29/h5-9,18-19,23,27H,2-4,10-17H2,1H3. The Morgan fingerprint density at radius 1 is 1.03 bits per heavy atom. The Bertz CT molecular complexity index is 1030. The minimum Gasteiger partial charge on any atom is -0.495 e. The Kier molecular flexibility index (Phi) is 8.17. The van der Waals surface area contributed by atoms with E-state index >= 15 is 0 Å². The summed E-state index contributed by atoms with van der Waals surface area (Å²) in [5.74, 6) is 0.260.